The van der Waals surface area contributed by atoms with Crippen LogP contribution in [-0.4, -0.2) is 22.2 Å². The Hall–Kier alpha value is -3.74. The zero-order chi connectivity index (χ0) is 19.5. The van der Waals surface area contributed by atoms with Crippen molar-refractivity contribution in [1.29, 1.82) is 0 Å². The minimum absolute atomic E-state index is 0.321. The molecule has 140 valence electrons. The van der Waals surface area contributed by atoms with Crippen molar-refractivity contribution in [2.24, 2.45) is 0 Å². The largest absolute Gasteiger partial charge is 0.461 e. The van der Waals surface area contributed by atoms with E-state index in [9.17, 15) is 9.18 Å². The number of halogens is 1. The topological polar surface area (TPSA) is 77.2 Å². The van der Waals surface area contributed by atoms with E-state index in [-0.39, 0.29) is 5.91 Å². The number of amides is 1. The first-order chi connectivity index (χ1) is 13.6. The Morgan fingerprint density at radius 1 is 1.11 bits per heavy atom. The van der Waals surface area contributed by atoms with Gasteiger partial charge in [0.1, 0.15) is 11.6 Å². The maximum absolute atomic E-state index is 12.9. The third-order valence-electron chi connectivity index (χ3n) is 4.10. The zero-order valence-electron chi connectivity index (χ0n) is 14.9. The zero-order valence-corrected chi connectivity index (χ0v) is 14.9. The Kier molecular flexibility index (Phi) is 4.72. The van der Waals surface area contributed by atoms with Crippen LogP contribution in [0.15, 0.2) is 71.7 Å². The maximum atomic E-state index is 12.9. The lowest BCUT2D eigenvalue weighted by Gasteiger charge is -2.09. The number of nitrogens with one attached hydrogen (secondary N) is 1. The van der Waals surface area contributed by atoms with Crippen molar-refractivity contribution in [1.82, 2.24) is 9.97 Å². The standard InChI is InChI=1S/C21H16FN3O3/c1-13(22)28-18-6-4-14(5-7-18)21(26)25-20-9-17-8-15(19-11-23-12-27-19)2-3-16(17)10-24-20/h2-13H,1H3,(H,24,25,26). The molecule has 28 heavy (non-hydrogen) atoms. The molecule has 0 radical (unpaired) electrons. The molecule has 1 atom stereocenters. The molecule has 7 heteroatoms. The number of oxazole rings is 1. The van der Waals surface area contributed by atoms with Crippen molar-refractivity contribution in [3.8, 4) is 17.1 Å². The maximum Gasteiger partial charge on any atom is 0.256 e. The Labute approximate surface area is 160 Å². The molecule has 1 amide bonds. The quantitative estimate of drug-likeness (QED) is 0.539. The van der Waals surface area contributed by atoms with Gasteiger partial charge in [0.05, 0.1) is 6.20 Å². The highest BCUT2D eigenvalue weighted by molar-refractivity contribution is 6.04. The number of fused-ring (bicyclic) bond motifs is 1. The molecule has 0 fully saturated rings. The van der Waals surface area contributed by atoms with Crippen LogP contribution in [-0.2, 0) is 0 Å². The van der Waals surface area contributed by atoms with Crippen LogP contribution in [0.3, 0.4) is 0 Å². The second-order valence-electron chi connectivity index (χ2n) is 6.14. The summed E-state index contributed by atoms with van der Waals surface area (Å²) in [6, 6.07) is 13.8. The van der Waals surface area contributed by atoms with Gasteiger partial charge in [0.15, 0.2) is 12.2 Å². The molecule has 0 spiro atoms. The summed E-state index contributed by atoms with van der Waals surface area (Å²) in [5.41, 5.74) is 1.29. The van der Waals surface area contributed by atoms with Gasteiger partial charge in [0.2, 0.25) is 6.36 Å². The molecule has 0 saturated heterocycles. The van der Waals surface area contributed by atoms with Crippen LogP contribution < -0.4 is 10.1 Å². The molecule has 1 N–H and O–H groups in total. The lowest BCUT2D eigenvalue weighted by Crippen LogP contribution is -2.13. The van der Waals surface area contributed by atoms with E-state index in [1.807, 2.05) is 18.2 Å². The number of nitrogens with zero attached hydrogens (tertiary/aromatic N) is 2. The molecule has 0 bridgehead atoms. The predicted octanol–water partition coefficient (Wildman–Crippen LogP) is 4.84. The van der Waals surface area contributed by atoms with Gasteiger partial charge in [0, 0.05) is 29.6 Å². The van der Waals surface area contributed by atoms with Crippen molar-refractivity contribution in [3.05, 3.63) is 72.9 Å². The Bertz CT molecular complexity index is 1110. The summed E-state index contributed by atoms with van der Waals surface area (Å²) in [5.74, 6) is 1.12. The van der Waals surface area contributed by atoms with Crippen LogP contribution in [0.1, 0.15) is 17.3 Å². The lowest BCUT2D eigenvalue weighted by molar-refractivity contribution is 0.0860. The number of carbonyl (C=O) groups excluding carboxylic acids is 1. The van der Waals surface area contributed by atoms with Crippen molar-refractivity contribution in [2.75, 3.05) is 5.32 Å². The molecule has 6 nitrogen and oxygen atoms in total. The Morgan fingerprint density at radius 2 is 1.93 bits per heavy atom. The number of hydrogen-bond acceptors (Lipinski definition) is 5. The SMILES string of the molecule is CC(F)Oc1ccc(C(=O)Nc2cc3cc(-c4cnco4)ccc3cn2)cc1. The molecule has 4 rings (SSSR count). The molecule has 0 aliphatic heterocycles. The first kappa shape index (κ1) is 17.7. The normalized spacial score (nSPS) is 11.9. The molecule has 0 aliphatic carbocycles. The van der Waals surface area contributed by atoms with E-state index in [0.29, 0.717) is 22.9 Å². The Balaban J connectivity index is 1.54. The average Bonchev–Trinajstić information content (AvgIpc) is 3.22. The number of rotatable bonds is 5. The summed E-state index contributed by atoms with van der Waals surface area (Å²) in [4.78, 5) is 20.7. The third kappa shape index (κ3) is 3.83. The van der Waals surface area contributed by atoms with Crippen molar-refractivity contribution in [2.45, 2.75) is 13.3 Å². The first-order valence-electron chi connectivity index (χ1n) is 8.59. The van der Waals surface area contributed by atoms with Crippen LogP contribution in [0, 0.1) is 0 Å². The minimum atomic E-state index is -1.41. The van der Waals surface area contributed by atoms with Gasteiger partial charge in [-0.25, -0.2) is 14.4 Å². The number of alkyl halides is 1. The van der Waals surface area contributed by atoms with Gasteiger partial charge in [-0.05, 0) is 41.8 Å². The van der Waals surface area contributed by atoms with Gasteiger partial charge in [-0.2, -0.15) is 0 Å². The number of hydrogen-bond donors (Lipinski definition) is 1. The van der Waals surface area contributed by atoms with Gasteiger partial charge in [-0.15, -0.1) is 0 Å². The highest BCUT2D eigenvalue weighted by atomic mass is 19.1. The number of benzene rings is 2. The average molecular weight is 377 g/mol. The molecule has 0 saturated carbocycles. The van der Waals surface area contributed by atoms with Crippen LogP contribution in [0.4, 0.5) is 10.2 Å². The fraction of sp³-hybridized carbons (Fsp3) is 0.0952. The van der Waals surface area contributed by atoms with E-state index in [1.54, 1.807) is 42.7 Å². The Morgan fingerprint density at radius 3 is 2.64 bits per heavy atom. The van der Waals surface area contributed by atoms with E-state index in [0.717, 1.165) is 16.3 Å². The van der Waals surface area contributed by atoms with Crippen LogP contribution >= 0.6 is 0 Å². The minimum Gasteiger partial charge on any atom is -0.461 e. The van der Waals surface area contributed by atoms with Gasteiger partial charge in [-0.1, -0.05) is 12.1 Å². The summed E-state index contributed by atoms with van der Waals surface area (Å²) in [6.07, 6.45) is 3.29. The van der Waals surface area contributed by atoms with Gasteiger partial charge >= 0.3 is 0 Å². The summed E-state index contributed by atoms with van der Waals surface area (Å²) in [7, 11) is 0. The molecule has 4 aromatic rings. The third-order valence-corrected chi connectivity index (χ3v) is 4.10. The monoisotopic (exact) mass is 377 g/mol. The fourth-order valence-electron chi connectivity index (χ4n) is 2.78. The smallest absolute Gasteiger partial charge is 0.256 e. The molecule has 0 aliphatic rings. The molecule has 2 heterocycles. The molecule has 2 aromatic carbocycles. The highest BCUT2D eigenvalue weighted by Crippen LogP contribution is 2.25. The molecule has 2 aromatic heterocycles. The number of aromatic nitrogens is 2. The number of carbonyl (C=O) groups is 1. The van der Waals surface area contributed by atoms with E-state index in [1.165, 1.54) is 13.3 Å². The second kappa shape index (κ2) is 7.48. The van der Waals surface area contributed by atoms with Gasteiger partial charge < -0.3 is 14.5 Å². The lowest BCUT2D eigenvalue weighted by atomic mass is 10.1. The van der Waals surface area contributed by atoms with Crippen LogP contribution in [0.5, 0.6) is 5.75 Å². The summed E-state index contributed by atoms with van der Waals surface area (Å²) in [5, 5.41) is 4.60. The summed E-state index contributed by atoms with van der Waals surface area (Å²) in [6.45, 7) is 1.29. The van der Waals surface area contributed by atoms with Crippen molar-refractivity contribution >= 4 is 22.5 Å². The van der Waals surface area contributed by atoms with Crippen molar-refractivity contribution in [3.63, 3.8) is 0 Å². The van der Waals surface area contributed by atoms with E-state index < -0.39 is 6.36 Å². The highest BCUT2D eigenvalue weighted by Gasteiger charge is 2.09. The molecule has 1 unspecified atom stereocenters. The van der Waals surface area contributed by atoms with E-state index >= 15 is 0 Å². The second-order valence-corrected chi connectivity index (χ2v) is 6.14. The van der Waals surface area contributed by atoms with Crippen LogP contribution in [0.25, 0.3) is 22.1 Å². The van der Waals surface area contributed by atoms with Gasteiger partial charge in [0.25, 0.3) is 5.91 Å². The number of ether oxygens (including phenoxy) is 1. The van der Waals surface area contributed by atoms with Crippen molar-refractivity contribution < 1.29 is 18.3 Å². The summed E-state index contributed by atoms with van der Waals surface area (Å²) >= 11 is 0. The predicted molar refractivity (Wildman–Crippen MR) is 103 cm³/mol. The number of pyridine rings is 1. The van der Waals surface area contributed by atoms with E-state index in [4.69, 9.17) is 9.15 Å². The molecular weight excluding hydrogens is 361 g/mol. The van der Waals surface area contributed by atoms with Gasteiger partial charge in [-0.3, -0.25) is 4.79 Å². The first-order valence-corrected chi connectivity index (χ1v) is 8.59. The number of anilines is 1. The molecular formula is C21H16FN3O3. The van der Waals surface area contributed by atoms with E-state index in [2.05, 4.69) is 15.3 Å². The van der Waals surface area contributed by atoms with Crippen LogP contribution in [0.2, 0.25) is 0 Å². The summed E-state index contributed by atoms with van der Waals surface area (Å²) < 4.78 is 23.1. The fourth-order valence-corrected chi connectivity index (χ4v) is 2.78.